The molecule has 1 aliphatic heterocycles. The van der Waals surface area contributed by atoms with E-state index >= 15 is 0 Å². The number of benzene rings is 2. The minimum Gasteiger partial charge on any atom is -0.456 e. The third-order valence-electron chi connectivity index (χ3n) is 2.88. The molecule has 1 heterocycles. The highest BCUT2D eigenvalue weighted by Gasteiger charge is 2.15. The largest absolute Gasteiger partial charge is 0.456 e. The van der Waals surface area contributed by atoms with Crippen LogP contribution >= 0.6 is 0 Å². The molecule has 3 rings (SSSR count). The number of nitrogens with two attached hydrogens (primary N) is 2. The lowest BCUT2D eigenvalue weighted by Crippen LogP contribution is -2.44. The van der Waals surface area contributed by atoms with E-state index in [2.05, 4.69) is 6.07 Å². The molecule has 0 saturated heterocycles. The summed E-state index contributed by atoms with van der Waals surface area (Å²) in [5, 5.41) is 16.4. The van der Waals surface area contributed by atoms with E-state index in [9.17, 15) is 5.26 Å². The minimum atomic E-state index is 0.575. The van der Waals surface area contributed by atoms with Crippen LogP contribution in [0, 0.1) is 11.3 Å². The fraction of sp³-hybridized carbons (Fsp3) is 0. The molecule has 0 amide bonds. The molecule has 4 nitrogen and oxygen atoms in total. The van der Waals surface area contributed by atoms with Crippen LogP contribution in [0.15, 0.2) is 40.8 Å². The van der Waals surface area contributed by atoms with Crippen molar-refractivity contribution in [2.75, 3.05) is 5.73 Å². The third-order valence-corrected chi connectivity index (χ3v) is 2.88. The lowest BCUT2D eigenvalue weighted by molar-refractivity contribution is -0.172. The van der Waals surface area contributed by atoms with E-state index in [1.165, 1.54) is 0 Å². The number of nitrogens with zero attached hydrogens (tertiary/aromatic N) is 1. The van der Waals surface area contributed by atoms with Gasteiger partial charge in [0.1, 0.15) is 17.4 Å². The highest BCUT2D eigenvalue weighted by atomic mass is 16.3. The Bertz CT molecular complexity index is 827. The second-order valence-electron chi connectivity index (χ2n) is 4.10. The molecular weight excluding hydrogens is 226 g/mol. The Morgan fingerprint density at radius 3 is 2.78 bits per heavy atom. The molecule has 0 aromatic heterocycles. The predicted octanol–water partition coefficient (Wildman–Crippen LogP) is 0.651. The van der Waals surface area contributed by atoms with Gasteiger partial charge in [0.25, 0.3) is 0 Å². The molecule has 4 heteroatoms. The molecule has 0 fully saturated rings. The molecule has 1 aliphatic carbocycles. The van der Waals surface area contributed by atoms with Crippen LogP contribution in [0.1, 0.15) is 5.56 Å². The first-order chi connectivity index (χ1) is 8.69. The normalized spacial score (nSPS) is 10.6. The molecule has 0 unspecified atom stereocenters. The van der Waals surface area contributed by atoms with Crippen LogP contribution < -0.4 is 16.5 Å². The van der Waals surface area contributed by atoms with Gasteiger partial charge in [-0.1, -0.05) is 0 Å². The number of nitriles is 1. The lowest BCUT2D eigenvalue weighted by Gasteiger charge is -2.09. The average molecular weight is 236 g/mol. The van der Waals surface area contributed by atoms with Crippen molar-refractivity contribution in [3.8, 4) is 17.4 Å². The second kappa shape index (κ2) is 3.60. The Kier molecular flexibility index (Phi) is 2.07. The van der Waals surface area contributed by atoms with Crippen LogP contribution in [0.2, 0.25) is 0 Å². The highest BCUT2D eigenvalue weighted by Crippen LogP contribution is 2.32. The van der Waals surface area contributed by atoms with E-state index in [1.54, 1.807) is 36.4 Å². The summed E-state index contributed by atoms with van der Waals surface area (Å²) >= 11 is 0. The number of anilines is 1. The van der Waals surface area contributed by atoms with Gasteiger partial charge in [0.2, 0.25) is 0 Å². The lowest BCUT2D eigenvalue weighted by atomic mass is 10.0. The summed E-state index contributed by atoms with van der Waals surface area (Å²) in [5.74, 6) is 0.588. The van der Waals surface area contributed by atoms with Crippen molar-refractivity contribution in [2.45, 2.75) is 0 Å². The zero-order chi connectivity index (χ0) is 12.7. The van der Waals surface area contributed by atoms with Crippen molar-refractivity contribution in [3.05, 3.63) is 47.3 Å². The summed E-state index contributed by atoms with van der Waals surface area (Å²) in [6.07, 6.45) is 0. The number of rotatable bonds is 0. The first-order valence-electron chi connectivity index (χ1n) is 5.44. The van der Waals surface area contributed by atoms with Gasteiger partial charge in [-0.05, 0) is 18.2 Å². The maximum Gasteiger partial charge on any atom is 0.200 e. The Hall–Kier alpha value is -2.80. The SMILES string of the molecule is N#Cc1c2ccc(=[NH2+])cc-2oc2cc(N)ccc12. The molecular formula is C14H10N3O+. The van der Waals surface area contributed by atoms with Crippen LogP contribution in [0.4, 0.5) is 5.69 Å². The van der Waals surface area contributed by atoms with Gasteiger partial charge in [-0.3, -0.25) is 5.41 Å². The van der Waals surface area contributed by atoms with Gasteiger partial charge >= 0.3 is 0 Å². The topological polar surface area (TPSA) is 88.5 Å². The molecule has 1 aromatic carbocycles. The fourth-order valence-corrected chi connectivity index (χ4v) is 2.04. The van der Waals surface area contributed by atoms with Gasteiger partial charge < -0.3 is 10.2 Å². The molecule has 0 bridgehead atoms. The average Bonchev–Trinajstić information content (AvgIpc) is 2.35. The van der Waals surface area contributed by atoms with Crippen LogP contribution in [0.3, 0.4) is 0 Å². The van der Waals surface area contributed by atoms with Crippen molar-refractivity contribution in [3.63, 3.8) is 0 Å². The maximum atomic E-state index is 9.32. The first-order valence-corrected chi connectivity index (χ1v) is 5.44. The van der Waals surface area contributed by atoms with Crippen molar-refractivity contribution in [2.24, 2.45) is 0 Å². The molecule has 86 valence electrons. The summed E-state index contributed by atoms with van der Waals surface area (Å²) in [5.41, 5.74) is 8.23. The summed E-state index contributed by atoms with van der Waals surface area (Å²) in [4.78, 5) is 0. The Morgan fingerprint density at radius 1 is 1.17 bits per heavy atom. The molecule has 0 saturated carbocycles. The number of hydrogen-bond donors (Lipinski definition) is 2. The highest BCUT2D eigenvalue weighted by molar-refractivity contribution is 5.92. The van der Waals surface area contributed by atoms with Gasteiger partial charge in [-0.2, -0.15) is 5.26 Å². The molecule has 2 aliphatic rings. The van der Waals surface area contributed by atoms with E-state index in [1.807, 2.05) is 0 Å². The Balaban J connectivity index is 2.57. The summed E-state index contributed by atoms with van der Waals surface area (Å²) in [6, 6.07) is 12.7. The van der Waals surface area contributed by atoms with Gasteiger partial charge in [-0.15, -0.1) is 0 Å². The number of hydrogen-bond acceptors (Lipinski definition) is 3. The molecule has 0 radical (unpaired) electrons. The molecule has 4 N–H and O–H groups in total. The fourth-order valence-electron chi connectivity index (χ4n) is 2.04. The van der Waals surface area contributed by atoms with Crippen LogP contribution in [0.25, 0.3) is 22.3 Å². The standard InChI is InChI=1S/C14H9N3O/c15-7-12-10-3-1-8(16)5-13(10)18-14-6-9(17)2-4-11(12)14/h1-6,16H,17H2/p+1. The summed E-state index contributed by atoms with van der Waals surface area (Å²) < 4.78 is 5.74. The van der Waals surface area contributed by atoms with Crippen LogP contribution in [0.5, 0.6) is 0 Å². The van der Waals surface area contributed by atoms with E-state index in [-0.39, 0.29) is 0 Å². The van der Waals surface area contributed by atoms with Crippen LogP contribution in [-0.4, -0.2) is 0 Å². The van der Waals surface area contributed by atoms with E-state index < -0.39 is 0 Å². The van der Waals surface area contributed by atoms with Crippen molar-refractivity contribution < 1.29 is 9.83 Å². The molecule has 0 atom stereocenters. The zero-order valence-electron chi connectivity index (χ0n) is 9.47. The summed E-state index contributed by atoms with van der Waals surface area (Å²) in [7, 11) is 0. The Labute approximate surface area is 103 Å². The monoisotopic (exact) mass is 236 g/mol. The van der Waals surface area contributed by atoms with Gasteiger partial charge in [0.15, 0.2) is 5.36 Å². The van der Waals surface area contributed by atoms with Crippen molar-refractivity contribution in [1.29, 1.82) is 5.26 Å². The first kappa shape index (κ1) is 10.4. The third kappa shape index (κ3) is 1.42. The summed E-state index contributed by atoms with van der Waals surface area (Å²) in [6.45, 7) is 0. The Morgan fingerprint density at radius 2 is 2.00 bits per heavy atom. The molecule has 1 aromatic rings. The quantitative estimate of drug-likeness (QED) is 0.443. The van der Waals surface area contributed by atoms with Gasteiger partial charge in [0, 0.05) is 28.8 Å². The van der Waals surface area contributed by atoms with Gasteiger partial charge in [0.05, 0.1) is 11.6 Å². The minimum absolute atomic E-state index is 0.575. The van der Waals surface area contributed by atoms with E-state index in [0.717, 1.165) is 10.9 Å². The molecule has 0 spiro atoms. The number of fused-ring (bicyclic) bond motifs is 2. The zero-order valence-corrected chi connectivity index (χ0v) is 9.47. The van der Waals surface area contributed by atoms with E-state index in [4.69, 9.17) is 15.6 Å². The number of nitrogen functional groups attached to an aromatic ring is 1. The van der Waals surface area contributed by atoms with E-state index in [0.29, 0.717) is 28.0 Å². The second-order valence-corrected chi connectivity index (χ2v) is 4.10. The van der Waals surface area contributed by atoms with Crippen molar-refractivity contribution in [1.82, 2.24) is 0 Å². The maximum absolute atomic E-state index is 9.32. The van der Waals surface area contributed by atoms with Crippen LogP contribution in [-0.2, 0) is 0 Å². The van der Waals surface area contributed by atoms with Gasteiger partial charge in [-0.25, -0.2) is 0 Å². The molecule has 18 heavy (non-hydrogen) atoms. The van der Waals surface area contributed by atoms with Crippen molar-refractivity contribution >= 4 is 16.7 Å². The predicted molar refractivity (Wildman–Crippen MR) is 67.0 cm³/mol. The smallest absolute Gasteiger partial charge is 0.200 e.